The lowest BCUT2D eigenvalue weighted by molar-refractivity contribution is -0.111. The molecular weight excluding hydrogens is 282 g/mol. The van der Waals surface area contributed by atoms with Gasteiger partial charge in [-0.25, -0.2) is 0 Å². The summed E-state index contributed by atoms with van der Waals surface area (Å²) < 4.78 is 0.805. The first-order valence-electron chi connectivity index (χ1n) is 5.22. The highest BCUT2D eigenvalue weighted by Gasteiger charge is 2.21. The molecule has 0 aliphatic rings. The van der Waals surface area contributed by atoms with Crippen LogP contribution in [0, 0.1) is 0 Å². The van der Waals surface area contributed by atoms with Gasteiger partial charge in [-0.05, 0) is 23.6 Å². The maximum absolute atomic E-state index is 11.3. The molecule has 0 unspecified atom stereocenters. The molecule has 0 fully saturated rings. The summed E-state index contributed by atoms with van der Waals surface area (Å²) in [5.41, 5.74) is 0.946. The molecule has 0 aliphatic heterocycles. The van der Waals surface area contributed by atoms with E-state index in [0.29, 0.717) is 5.69 Å². The van der Waals surface area contributed by atoms with Crippen LogP contribution in [0.3, 0.4) is 0 Å². The number of phenolic OH excluding ortho intramolecular Hbond substituents is 1. The molecule has 1 amide bonds. The minimum absolute atomic E-state index is 0.0934. The van der Waals surface area contributed by atoms with Crippen LogP contribution in [0.5, 0.6) is 5.75 Å². The third-order valence-corrected chi connectivity index (χ3v) is 2.78. The molecule has 0 saturated carbocycles. The molecule has 0 aromatic heterocycles. The minimum Gasteiger partial charge on any atom is -0.505 e. The van der Waals surface area contributed by atoms with Crippen LogP contribution in [0.4, 0.5) is 5.69 Å². The van der Waals surface area contributed by atoms with Crippen LogP contribution in [0.15, 0.2) is 29.3 Å². The Hall–Kier alpha value is -1.29. The first-order valence-corrected chi connectivity index (χ1v) is 6.01. The Morgan fingerprint density at radius 3 is 2.53 bits per heavy atom. The second-order valence-corrected chi connectivity index (χ2v) is 5.71. The number of carbonyl (C=O) groups is 1. The normalized spacial score (nSPS) is 11.1. The van der Waals surface area contributed by atoms with Crippen molar-refractivity contribution in [1.29, 1.82) is 0 Å². The highest BCUT2D eigenvalue weighted by Crippen LogP contribution is 2.38. The molecule has 92 valence electrons. The first kappa shape index (κ1) is 13.8. The van der Waals surface area contributed by atoms with Gasteiger partial charge in [0.1, 0.15) is 5.75 Å². The number of aromatic hydroxyl groups is 1. The van der Waals surface area contributed by atoms with Crippen molar-refractivity contribution in [3.63, 3.8) is 0 Å². The molecule has 0 heterocycles. The Kier molecular flexibility index (Phi) is 3.98. The molecule has 0 atom stereocenters. The maximum Gasteiger partial charge on any atom is 0.247 e. The number of benzene rings is 1. The summed E-state index contributed by atoms with van der Waals surface area (Å²) in [6.07, 6.45) is 1.16. The van der Waals surface area contributed by atoms with Gasteiger partial charge >= 0.3 is 0 Å². The van der Waals surface area contributed by atoms with Crippen molar-refractivity contribution >= 4 is 27.5 Å². The summed E-state index contributed by atoms with van der Waals surface area (Å²) in [7, 11) is 0. The van der Waals surface area contributed by atoms with E-state index in [0.717, 1.165) is 16.1 Å². The van der Waals surface area contributed by atoms with Gasteiger partial charge in [0.15, 0.2) is 0 Å². The number of hydrogen-bond donors (Lipinski definition) is 2. The Bertz CT molecular complexity index is 461. The number of phenols is 1. The monoisotopic (exact) mass is 297 g/mol. The van der Waals surface area contributed by atoms with Gasteiger partial charge in [-0.3, -0.25) is 4.79 Å². The molecule has 1 aromatic carbocycles. The molecule has 0 saturated heterocycles. The quantitative estimate of drug-likeness (QED) is 0.647. The Morgan fingerprint density at radius 2 is 2.06 bits per heavy atom. The lowest BCUT2D eigenvalue weighted by atomic mass is 9.86. The third-order valence-electron chi connectivity index (χ3n) is 2.33. The van der Waals surface area contributed by atoms with E-state index in [9.17, 15) is 9.90 Å². The van der Waals surface area contributed by atoms with Crippen LogP contribution < -0.4 is 5.32 Å². The van der Waals surface area contributed by atoms with Gasteiger partial charge in [0.25, 0.3) is 0 Å². The minimum atomic E-state index is -0.349. The lowest BCUT2D eigenvalue weighted by Gasteiger charge is -2.22. The van der Waals surface area contributed by atoms with Crippen molar-refractivity contribution in [1.82, 2.24) is 0 Å². The summed E-state index contributed by atoms with van der Waals surface area (Å²) in [6.45, 7) is 9.36. The van der Waals surface area contributed by atoms with E-state index in [4.69, 9.17) is 0 Å². The van der Waals surface area contributed by atoms with Gasteiger partial charge < -0.3 is 10.4 Å². The number of hydrogen-bond acceptors (Lipinski definition) is 2. The molecule has 4 heteroatoms. The number of amides is 1. The van der Waals surface area contributed by atoms with E-state index >= 15 is 0 Å². The van der Waals surface area contributed by atoms with Crippen LogP contribution in [0.1, 0.15) is 26.3 Å². The molecule has 0 bridgehead atoms. The van der Waals surface area contributed by atoms with Gasteiger partial charge in [0.2, 0.25) is 5.91 Å². The maximum atomic E-state index is 11.3. The summed E-state index contributed by atoms with van der Waals surface area (Å²) in [6, 6.07) is 3.50. The van der Waals surface area contributed by atoms with Crippen LogP contribution in [-0.2, 0) is 10.2 Å². The van der Waals surface area contributed by atoms with Gasteiger partial charge in [0.05, 0.1) is 5.69 Å². The van der Waals surface area contributed by atoms with Gasteiger partial charge in [0, 0.05) is 10.0 Å². The second-order valence-electron chi connectivity index (χ2n) is 4.79. The fourth-order valence-corrected chi connectivity index (χ4v) is 1.91. The summed E-state index contributed by atoms with van der Waals surface area (Å²) in [4.78, 5) is 11.3. The van der Waals surface area contributed by atoms with Gasteiger partial charge in [-0.2, -0.15) is 0 Å². The standard InChI is InChI=1S/C13H16BrNO2/c1-5-11(16)15-10-7-8(14)6-9(12(10)17)13(2,3)4/h5-7,17H,1H2,2-4H3,(H,15,16). The van der Waals surface area contributed by atoms with E-state index in [1.807, 2.05) is 26.8 Å². The molecular formula is C13H16BrNO2. The van der Waals surface area contributed by atoms with Crippen molar-refractivity contribution in [2.75, 3.05) is 5.32 Å². The van der Waals surface area contributed by atoms with E-state index in [2.05, 4.69) is 27.8 Å². The van der Waals surface area contributed by atoms with E-state index in [-0.39, 0.29) is 17.1 Å². The van der Waals surface area contributed by atoms with Crippen molar-refractivity contribution in [2.24, 2.45) is 0 Å². The van der Waals surface area contributed by atoms with Crippen LogP contribution in [0.2, 0.25) is 0 Å². The largest absolute Gasteiger partial charge is 0.505 e. The van der Waals surface area contributed by atoms with E-state index in [1.54, 1.807) is 6.07 Å². The molecule has 1 rings (SSSR count). The zero-order valence-electron chi connectivity index (χ0n) is 10.2. The van der Waals surface area contributed by atoms with Gasteiger partial charge in [-0.1, -0.05) is 43.3 Å². The number of anilines is 1. The predicted molar refractivity (Wildman–Crippen MR) is 73.3 cm³/mol. The second kappa shape index (κ2) is 4.92. The zero-order chi connectivity index (χ0) is 13.2. The van der Waals surface area contributed by atoms with Gasteiger partial charge in [-0.15, -0.1) is 0 Å². The molecule has 17 heavy (non-hydrogen) atoms. The lowest BCUT2D eigenvalue weighted by Crippen LogP contribution is -2.14. The fraction of sp³-hybridized carbons (Fsp3) is 0.308. The van der Waals surface area contributed by atoms with Crippen LogP contribution in [-0.4, -0.2) is 11.0 Å². The molecule has 0 radical (unpaired) electrons. The number of rotatable bonds is 2. The van der Waals surface area contributed by atoms with Crippen molar-refractivity contribution < 1.29 is 9.90 Å². The SMILES string of the molecule is C=CC(=O)Nc1cc(Br)cc(C(C)(C)C)c1O. The van der Waals surface area contributed by atoms with Crippen LogP contribution in [0.25, 0.3) is 0 Å². The fourth-order valence-electron chi connectivity index (χ4n) is 1.45. The first-order chi connectivity index (χ1) is 7.75. The van der Waals surface area contributed by atoms with Crippen molar-refractivity contribution in [3.8, 4) is 5.75 Å². The Morgan fingerprint density at radius 1 is 1.47 bits per heavy atom. The molecule has 2 N–H and O–H groups in total. The number of nitrogens with one attached hydrogen (secondary N) is 1. The molecule has 0 spiro atoms. The summed E-state index contributed by atoms with van der Waals surface area (Å²) in [5.74, 6) is -0.255. The average Bonchev–Trinajstić information content (AvgIpc) is 2.21. The molecule has 1 aromatic rings. The topological polar surface area (TPSA) is 49.3 Å². The Labute approximate surface area is 110 Å². The summed E-state index contributed by atoms with van der Waals surface area (Å²) in [5, 5.41) is 12.7. The highest BCUT2D eigenvalue weighted by molar-refractivity contribution is 9.10. The number of carbonyl (C=O) groups excluding carboxylic acids is 1. The number of halogens is 1. The molecule has 0 aliphatic carbocycles. The highest BCUT2D eigenvalue weighted by atomic mass is 79.9. The summed E-state index contributed by atoms with van der Waals surface area (Å²) >= 11 is 3.36. The molecule has 3 nitrogen and oxygen atoms in total. The Balaban J connectivity index is 3.28. The smallest absolute Gasteiger partial charge is 0.247 e. The third kappa shape index (κ3) is 3.33. The van der Waals surface area contributed by atoms with Crippen molar-refractivity contribution in [2.45, 2.75) is 26.2 Å². The van der Waals surface area contributed by atoms with E-state index < -0.39 is 0 Å². The predicted octanol–water partition coefficient (Wildman–Crippen LogP) is 3.58. The average molecular weight is 298 g/mol. The zero-order valence-corrected chi connectivity index (χ0v) is 11.8. The van der Waals surface area contributed by atoms with E-state index in [1.165, 1.54) is 0 Å². The van der Waals surface area contributed by atoms with Crippen LogP contribution >= 0.6 is 15.9 Å². The van der Waals surface area contributed by atoms with Crippen molar-refractivity contribution in [3.05, 3.63) is 34.8 Å².